The molecule has 0 atom stereocenters. The van der Waals surface area contributed by atoms with Crippen molar-refractivity contribution in [2.45, 2.75) is 25.4 Å². The number of nitrogens with one attached hydrogen (secondary N) is 1. The van der Waals surface area contributed by atoms with Gasteiger partial charge < -0.3 is 15.0 Å². The van der Waals surface area contributed by atoms with Gasteiger partial charge in [0.1, 0.15) is 5.82 Å². The molecule has 1 saturated carbocycles. The maximum absolute atomic E-state index is 14.1. The number of para-hydroxylation sites is 1. The molecule has 0 aliphatic heterocycles. The highest BCUT2D eigenvalue weighted by molar-refractivity contribution is 5.56. The van der Waals surface area contributed by atoms with E-state index >= 15 is 0 Å². The number of rotatable bonds is 7. The van der Waals surface area contributed by atoms with Gasteiger partial charge in [-0.1, -0.05) is 12.1 Å². The molecule has 1 aromatic rings. The molecule has 0 heterocycles. The number of nitrogens with zero attached hydrogens (tertiary/aromatic N) is 1. The average Bonchev–Trinajstić information content (AvgIpc) is 3.17. The summed E-state index contributed by atoms with van der Waals surface area (Å²) in [5.41, 5.74) is 1.76. The second-order valence-corrected chi connectivity index (χ2v) is 4.70. The fourth-order valence-corrected chi connectivity index (χ4v) is 2.27. The Labute approximate surface area is 108 Å². The van der Waals surface area contributed by atoms with Gasteiger partial charge in [-0.3, -0.25) is 0 Å². The molecule has 4 heteroatoms. The van der Waals surface area contributed by atoms with Gasteiger partial charge in [-0.2, -0.15) is 0 Å². The molecule has 0 bridgehead atoms. The zero-order chi connectivity index (χ0) is 13.0. The first kappa shape index (κ1) is 13.3. The third-order valence-electron chi connectivity index (χ3n) is 3.25. The van der Waals surface area contributed by atoms with Crippen LogP contribution in [0.4, 0.5) is 10.1 Å². The molecule has 1 aliphatic rings. The summed E-state index contributed by atoms with van der Waals surface area (Å²) in [5, 5.41) is 3.10. The van der Waals surface area contributed by atoms with Crippen LogP contribution in [0, 0.1) is 5.82 Å². The number of hydrogen-bond acceptors (Lipinski definition) is 3. The molecule has 1 aromatic carbocycles. The molecule has 2 rings (SSSR count). The van der Waals surface area contributed by atoms with Crippen LogP contribution in [-0.2, 0) is 11.3 Å². The zero-order valence-electron chi connectivity index (χ0n) is 11.1. The molecule has 100 valence electrons. The standard InChI is InChI=1S/C14H21FN2O/c1-16-10-11-4-3-5-13(15)14(11)17(8-9-18-2)12-6-7-12/h3-5,12,16H,6-10H2,1-2H3. The molecule has 0 amide bonds. The van der Waals surface area contributed by atoms with Crippen molar-refractivity contribution >= 4 is 5.69 Å². The molecule has 0 spiro atoms. The van der Waals surface area contributed by atoms with Gasteiger partial charge in [-0.25, -0.2) is 4.39 Å². The van der Waals surface area contributed by atoms with Crippen LogP contribution in [0.25, 0.3) is 0 Å². The number of ether oxygens (including phenoxy) is 1. The molecule has 3 nitrogen and oxygen atoms in total. The normalized spacial score (nSPS) is 14.8. The van der Waals surface area contributed by atoms with Crippen LogP contribution in [0.1, 0.15) is 18.4 Å². The van der Waals surface area contributed by atoms with E-state index in [-0.39, 0.29) is 5.82 Å². The lowest BCUT2D eigenvalue weighted by Crippen LogP contribution is -2.31. The summed E-state index contributed by atoms with van der Waals surface area (Å²) in [6.07, 6.45) is 2.30. The fraction of sp³-hybridized carbons (Fsp3) is 0.571. The van der Waals surface area contributed by atoms with Crippen LogP contribution in [0.5, 0.6) is 0 Å². The van der Waals surface area contributed by atoms with Crippen LogP contribution < -0.4 is 10.2 Å². The summed E-state index contributed by atoms with van der Waals surface area (Å²) in [4.78, 5) is 2.16. The van der Waals surface area contributed by atoms with Gasteiger partial charge in [0, 0.05) is 26.2 Å². The lowest BCUT2D eigenvalue weighted by Gasteiger charge is -2.27. The Morgan fingerprint density at radius 3 is 2.83 bits per heavy atom. The molecule has 0 unspecified atom stereocenters. The molecule has 1 N–H and O–H groups in total. The Morgan fingerprint density at radius 1 is 1.44 bits per heavy atom. The highest BCUT2D eigenvalue weighted by atomic mass is 19.1. The number of methoxy groups -OCH3 is 1. The van der Waals surface area contributed by atoms with Crippen LogP contribution in [0.3, 0.4) is 0 Å². The molecule has 0 aromatic heterocycles. The van der Waals surface area contributed by atoms with Crippen molar-refractivity contribution in [1.29, 1.82) is 0 Å². The Morgan fingerprint density at radius 2 is 2.22 bits per heavy atom. The Hall–Kier alpha value is -1.13. The summed E-state index contributed by atoms with van der Waals surface area (Å²) in [7, 11) is 3.56. The highest BCUT2D eigenvalue weighted by Crippen LogP contribution is 2.35. The zero-order valence-corrected chi connectivity index (χ0v) is 11.1. The summed E-state index contributed by atoms with van der Waals surface area (Å²) in [6.45, 7) is 2.06. The van der Waals surface area contributed by atoms with E-state index in [1.165, 1.54) is 6.07 Å². The van der Waals surface area contributed by atoms with E-state index < -0.39 is 0 Å². The van der Waals surface area contributed by atoms with Crippen LogP contribution in [-0.4, -0.2) is 33.4 Å². The van der Waals surface area contributed by atoms with Gasteiger partial charge in [0.05, 0.1) is 12.3 Å². The molecule has 0 saturated heterocycles. The van der Waals surface area contributed by atoms with Crippen LogP contribution >= 0.6 is 0 Å². The average molecular weight is 252 g/mol. The van der Waals surface area contributed by atoms with Gasteiger partial charge in [-0.05, 0) is 31.5 Å². The summed E-state index contributed by atoms with van der Waals surface area (Å²) >= 11 is 0. The van der Waals surface area contributed by atoms with Crippen molar-refractivity contribution in [2.24, 2.45) is 0 Å². The van der Waals surface area contributed by atoms with E-state index in [0.29, 0.717) is 19.2 Å². The monoisotopic (exact) mass is 252 g/mol. The van der Waals surface area contributed by atoms with E-state index in [0.717, 1.165) is 30.6 Å². The Kier molecular flexibility index (Phi) is 4.55. The van der Waals surface area contributed by atoms with Crippen molar-refractivity contribution in [2.75, 3.05) is 32.2 Å². The minimum absolute atomic E-state index is 0.134. The number of halogens is 1. The molecular formula is C14H21FN2O. The van der Waals surface area contributed by atoms with E-state index in [2.05, 4.69) is 10.2 Å². The van der Waals surface area contributed by atoms with Crippen molar-refractivity contribution in [3.8, 4) is 0 Å². The summed E-state index contributed by atoms with van der Waals surface area (Å²) < 4.78 is 19.3. The highest BCUT2D eigenvalue weighted by Gasteiger charge is 2.31. The molecule has 1 aliphatic carbocycles. The third-order valence-corrected chi connectivity index (χ3v) is 3.25. The SMILES string of the molecule is CNCc1cccc(F)c1N(CCOC)C1CC1. The number of hydrogen-bond donors (Lipinski definition) is 1. The topological polar surface area (TPSA) is 24.5 Å². The number of benzene rings is 1. The molecule has 1 fully saturated rings. The van der Waals surface area contributed by atoms with Gasteiger partial charge in [0.2, 0.25) is 0 Å². The van der Waals surface area contributed by atoms with E-state index in [9.17, 15) is 4.39 Å². The smallest absolute Gasteiger partial charge is 0.146 e. The predicted molar refractivity (Wildman–Crippen MR) is 71.4 cm³/mol. The van der Waals surface area contributed by atoms with Crippen molar-refractivity contribution in [3.63, 3.8) is 0 Å². The van der Waals surface area contributed by atoms with E-state index in [1.807, 2.05) is 13.1 Å². The first-order valence-corrected chi connectivity index (χ1v) is 6.45. The molecule has 0 radical (unpaired) electrons. The minimum atomic E-state index is -0.134. The predicted octanol–water partition coefficient (Wildman–Crippen LogP) is 2.16. The Bertz CT molecular complexity index is 393. The minimum Gasteiger partial charge on any atom is -0.383 e. The van der Waals surface area contributed by atoms with E-state index in [4.69, 9.17) is 4.74 Å². The van der Waals surface area contributed by atoms with Crippen molar-refractivity contribution < 1.29 is 9.13 Å². The van der Waals surface area contributed by atoms with Gasteiger partial charge in [-0.15, -0.1) is 0 Å². The largest absolute Gasteiger partial charge is 0.383 e. The molecular weight excluding hydrogens is 231 g/mol. The first-order chi connectivity index (χ1) is 8.77. The van der Waals surface area contributed by atoms with Crippen molar-refractivity contribution in [1.82, 2.24) is 5.32 Å². The maximum Gasteiger partial charge on any atom is 0.146 e. The van der Waals surface area contributed by atoms with Gasteiger partial charge in [0.15, 0.2) is 0 Å². The van der Waals surface area contributed by atoms with Crippen LogP contribution in [0.15, 0.2) is 18.2 Å². The lowest BCUT2D eigenvalue weighted by molar-refractivity contribution is 0.204. The van der Waals surface area contributed by atoms with Crippen molar-refractivity contribution in [3.05, 3.63) is 29.6 Å². The lowest BCUT2D eigenvalue weighted by atomic mass is 10.1. The molecule has 18 heavy (non-hydrogen) atoms. The second-order valence-electron chi connectivity index (χ2n) is 4.70. The second kappa shape index (κ2) is 6.16. The maximum atomic E-state index is 14.1. The summed E-state index contributed by atoms with van der Waals surface area (Å²) in [5.74, 6) is -0.134. The fourth-order valence-electron chi connectivity index (χ4n) is 2.27. The van der Waals surface area contributed by atoms with Gasteiger partial charge >= 0.3 is 0 Å². The summed E-state index contributed by atoms with van der Waals surface area (Å²) in [6, 6.07) is 5.77. The number of anilines is 1. The first-order valence-electron chi connectivity index (χ1n) is 6.45. The Balaban J connectivity index is 2.26. The third kappa shape index (κ3) is 3.00. The van der Waals surface area contributed by atoms with E-state index in [1.54, 1.807) is 13.2 Å². The van der Waals surface area contributed by atoms with Crippen LogP contribution in [0.2, 0.25) is 0 Å². The van der Waals surface area contributed by atoms with Gasteiger partial charge in [0.25, 0.3) is 0 Å². The quantitative estimate of drug-likeness (QED) is 0.805.